The molecule has 0 aliphatic heterocycles. The van der Waals surface area contributed by atoms with Crippen LogP contribution >= 0.6 is 22.9 Å². The Morgan fingerprint density at radius 1 is 1.07 bits per heavy atom. The highest BCUT2D eigenvalue weighted by atomic mass is 35.5. The highest BCUT2D eigenvalue weighted by molar-refractivity contribution is 7.13. The maximum Gasteiger partial charge on any atom is 0.313 e. The van der Waals surface area contributed by atoms with Crippen molar-refractivity contribution in [3.63, 3.8) is 0 Å². The molecule has 0 bridgehead atoms. The van der Waals surface area contributed by atoms with E-state index in [1.165, 1.54) is 5.56 Å². The number of anilines is 1. The average Bonchev–Trinajstić information content (AvgIpc) is 3.13. The lowest BCUT2D eigenvalue weighted by Gasteiger charge is -2.07. The Bertz CT molecular complexity index is 954. The molecule has 0 radical (unpaired) electrons. The quantitative estimate of drug-likeness (QED) is 0.635. The van der Waals surface area contributed by atoms with Gasteiger partial charge in [-0.1, -0.05) is 53.6 Å². The van der Waals surface area contributed by atoms with Gasteiger partial charge < -0.3 is 10.6 Å². The summed E-state index contributed by atoms with van der Waals surface area (Å²) in [6, 6.07) is 14.9. The van der Waals surface area contributed by atoms with Gasteiger partial charge in [0.1, 0.15) is 5.01 Å². The third kappa shape index (κ3) is 5.15. The number of carbonyl (C=O) groups is 2. The number of hydrogen-bond acceptors (Lipinski definition) is 4. The Kier molecular flexibility index (Phi) is 6.21. The van der Waals surface area contributed by atoms with Crippen molar-refractivity contribution >= 4 is 40.4 Å². The van der Waals surface area contributed by atoms with Crippen LogP contribution in [0.3, 0.4) is 0 Å². The lowest BCUT2D eigenvalue weighted by atomic mass is 10.2. The summed E-state index contributed by atoms with van der Waals surface area (Å²) in [5.74, 6) is -1.45. The van der Waals surface area contributed by atoms with E-state index in [0.717, 1.165) is 16.3 Å². The van der Waals surface area contributed by atoms with Crippen molar-refractivity contribution in [2.45, 2.75) is 13.3 Å². The predicted octanol–water partition coefficient (Wildman–Crippen LogP) is 4.07. The van der Waals surface area contributed by atoms with Gasteiger partial charge in [0.2, 0.25) is 0 Å². The standard InChI is InChI=1S/C20H18ClN3O2S/c1-13-6-8-14(9-7-13)20-23-15(12-27-20)10-11-22-18(25)19(26)24-17-5-3-2-4-16(17)21/h2-9,12H,10-11H2,1H3,(H,22,25)(H,24,26). The van der Waals surface area contributed by atoms with Crippen LogP contribution in [-0.2, 0) is 16.0 Å². The molecular weight excluding hydrogens is 382 g/mol. The molecule has 3 rings (SSSR count). The number of nitrogens with one attached hydrogen (secondary N) is 2. The van der Waals surface area contributed by atoms with E-state index in [1.54, 1.807) is 35.6 Å². The molecule has 0 fully saturated rings. The van der Waals surface area contributed by atoms with Crippen LogP contribution in [0.2, 0.25) is 5.02 Å². The van der Waals surface area contributed by atoms with Crippen LogP contribution in [0.1, 0.15) is 11.3 Å². The van der Waals surface area contributed by atoms with Crippen LogP contribution in [0.15, 0.2) is 53.9 Å². The Labute approximate surface area is 166 Å². The van der Waals surface area contributed by atoms with E-state index in [4.69, 9.17) is 11.6 Å². The molecule has 0 atom stereocenters. The van der Waals surface area contributed by atoms with Gasteiger partial charge >= 0.3 is 11.8 Å². The van der Waals surface area contributed by atoms with Crippen molar-refractivity contribution in [2.75, 3.05) is 11.9 Å². The molecule has 0 saturated heterocycles. The van der Waals surface area contributed by atoms with Crippen LogP contribution < -0.4 is 10.6 Å². The predicted molar refractivity (Wildman–Crippen MR) is 109 cm³/mol. The van der Waals surface area contributed by atoms with Crippen molar-refractivity contribution in [3.05, 3.63) is 70.2 Å². The zero-order valence-electron chi connectivity index (χ0n) is 14.7. The maximum atomic E-state index is 11.9. The second kappa shape index (κ2) is 8.79. The first-order chi connectivity index (χ1) is 13.0. The number of para-hydroxylation sites is 1. The molecule has 7 heteroatoms. The minimum Gasteiger partial charge on any atom is -0.347 e. The number of rotatable bonds is 5. The third-order valence-corrected chi connectivity index (χ3v) is 5.12. The van der Waals surface area contributed by atoms with Gasteiger partial charge in [0, 0.05) is 23.9 Å². The Hall–Kier alpha value is -2.70. The Morgan fingerprint density at radius 3 is 2.56 bits per heavy atom. The number of hydrogen-bond donors (Lipinski definition) is 2. The zero-order valence-corrected chi connectivity index (χ0v) is 16.2. The first-order valence-corrected chi connectivity index (χ1v) is 9.64. The second-order valence-corrected chi connectivity index (χ2v) is 7.22. The molecule has 0 spiro atoms. The Morgan fingerprint density at radius 2 is 1.81 bits per heavy atom. The number of nitrogens with zero attached hydrogens (tertiary/aromatic N) is 1. The summed E-state index contributed by atoms with van der Waals surface area (Å²) in [7, 11) is 0. The molecule has 0 unspecified atom stereocenters. The topological polar surface area (TPSA) is 71.1 Å². The molecule has 5 nitrogen and oxygen atoms in total. The average molecular weight is 400 g/mol. The van der Waals surface area contributed by atoms with Gasteiger partial charge in [0.15, 0.2) is 0 Å². The van der Waals surface area contributed by atoms with Crippen molar-refractivity contribution < 1.29 is 9.59 Å². The molecule has 1 heterocycles. The lowest BCUT2D eigenvalue weighted by Crippen LogP contribution is -2.36. The minimum absolute atomic E-state index is 0.325. The van der Waals surface area contributed by atoms with Gasteiger partial charge in [-0.3, -0.25) is 9.59 Å². The monoisotopic (exact) mass is 399 g/mol. The SMILES string of the molecule is Cc1ccc(-c2nc(CCNC(=O)C(=O)Nc3ccccc3Cl)cs2)cc1. The number of benzene rings is 2. The number of aromatic nitrogens is 1. The number of aryl methyl sites for hydroxylation is 1. The summed E-state index contributed by atoms with van der Waals surface area (Å²) >= 11 is 7.52. The normalized spacial score (nSPS) is 10.4. The minimum atomic E-state index is -0.748. The number of halogens is 1. The van der Waals surface area contributed by atoms with Crippen LogP contribution in [0, 0.1) is 6.92 Å². The molecule has 2 amide bonds. The fraction of sp³-hybridized carbons (Fsp3) is 0.150. The van der Waals surface area contributed by atoms with Crippen molar-refractivity contribution in [2.24, 2.45) is 0 Å². The van der Waals surface area contributed by atoms with Gasteiger partial charge in [-0.25, -0.2) is 4.98 Å². The molecule has 0 aliphatic carbocycles. The summed E-state index contributed by atoms with van der Waals surface area (Å²) in [4.78, 5) is 28.4. The largest absolute Gasteiger partial charge is 0.347 e. The molecule has 138 valence electrons. The van der Waals surface area contributed by atoms with E-state index in [-0.39, 0.29) is 0 Å². The molecule has 2 aromatic carbocycles. The van der Waals surface area contributed by atoms with Gasteiger partial charge in [-0.15, -0.1) is 11.3 Å². The van der Waals surface area contributed by atoms with Gasteiger partial charge in [-0.2, -0.15) is 0 Å². The van der Waals surface area contributed by atoms with Crippen LogP contribution in [0.5, 0.6) is 0 Å². The van der Waals surface area contributed by atoms with E-state index < -0.39 is 11.8 Å². The summed E-state index contributed by atoms with van der Waals surface area (Å²) in [6.07, 6.45) is 0.549. The summed E-state index contributed by atoms with van der Waals surface area (Å²) in [5.41, 5.74) is 3.55. The van der Waals surface area contributed by atoms with Gasteiger partial charge in [0.05, 0.1) is 16.4 Å². The Balaban J connectivity index is 1.49. The molecule has 27 heavy (non-hydrogen) atoms. The fourth-order valence-corrected chi connectivity index (χ4v) is 3.42. The molecule has 0 saturated carbocycles. The van der Waals surface area contributed by atoms with E-state index in [2.05, 4.69) is 15.6 Å². The molecule has 3 aromatic rings. The molecule has 2 N–H and O–H groups in total. The number of carbonyl (C=O) groups excluding carboxylic acids is 2. The van der Waals surface area contributed by atoms with Crippen molar-refractivity contribution in [3.8, 4) is 10.6 Å². The number of thiazole rings is 1. The zero-order chi connectivity index (χ0) is 19.2. The van der Waals surface area contributed by atoms with Gasteiger partial charge in [0.25, 0.3) is 0 Å². The fourth-order valence-electron chi connectivity index (χ4n) is 2.38. The highest BCUT2D eigenvalue weighted by Gasteiger charge is 2.14. The summed E-state index contributed by atoms with van der Waals surface area (Å²) < 4.78 is 0. The third-order valence-electron chi connectivity index (χ3n) is 3.85. The second-order valence-electron chi connectivity index (χ2n) is 5.95. The summed E-state index contributed by atoms with van der Waals surface area (Å²) in [5, 5.41) is 8.37. The van der Waals surface area contributed by atoms with Gasteiger partial charge in [-0.05, 0) is 19.1 Å². The first-order valence-electron chi connectivity index (χ1n) is 8.38. The van der Waals surface area contributed by atoms with Crippen molar-refractivity contribution in [1.29, 1.82) is 0 Å². The molecular formula is C20H18ClN3O2S. The smallest absolute Gasteiger partial charge is 0.313 e. The van der Waals surface area contributed by atoms with E-state index >= 15 is 0 Å². The number of amides is 2. The van der Waals surface area contributed by atoms with Crippen LogP contribution in [-0.4, -0.2) is 23.3 Å². The van der Waals surface area contributed by atoms with Crippen molar-refractivity contribution in [1.82, 2.24) is 10.3 Å². The molecule has 0 aliphatic rings. The van der Waals surface area contributed by atoms with E-state index in [9.17, 15) is 9.59 Å². The first kappa shape index (κ1) is 19.1. The lowest BCUT2D eigenvalue weighted by molar-refractivity contribution is -0.136. The van der Waals surface area contributed by atoms with Crippen LogP contribution in [0.4, 0.5) is 5.69 Å². The maximum absolute atomic E-state index is 11.9. The van der Waals surface area contributed by atoms with E-state index in [1.807, 2.05) is 36.6 Å². The summed E-state index contributed by atoms with van der Waals surface area (Å²) in [6.45, 7) is 2.37. The van der Waals surface area contributed by atoms with Crippen LogP contribution in [0.25, 0.3) is 10.6 Å². The molecule has 1 aromatic heterocycles. The van der Waals surface area contributed by atoms with E-state index in [0.29, 0.717) is 23.7 Å². The highest BCUT2D eigenvalue weighted by Crippen LogP contribution is 2.24.